The zero-order valence-electron chi connectivity index (χ0n) is 11.0. The van der Waals surface area contributed by atoms with E-state index in [2.05, 4.69) is 6.58 Å². The van der Waals surface area contributed by atoms with Crippen LogP contribution in [0.3, 0.4) is 0 Å². The Labute approximate surface area is 114 Å². The summed E-state index contributed by atoms with van der Waals surface area (Å²) < 4.78 is 0. The van der Waals surface area contributed by atoms with Gasteiger partial charge in [0, 0.05) is 6.42 Å². The molecule has 3 nitrogen and oxygen atoms in total. The van der Waals surface area contributed by atoms with Crippen LogP contribution < -0.4 is 0 Å². The van der Waals surface area contributed by atoms with Crippen LogP contribution in [0.5, 0.6) is 0 Å². The Balaban J connectivity index is 2.36. The van der Waals surface area contributed by atoms with E-state index in [0.717, 1.165) is 5.56 Å². The lowest BCUT2D eigenvalue weighted by Crippen LogP contribution is -2.21. The van der Waals surface area contributed by atoms with Crippen molar-refractivity contribution >= 4 is 6.08 Å². The van der Waals surface area contributed by atoms with Gasteiger partial charge in [-0.15, -0.1) is 6.58 Å². The van der Waals surface area contributed by atoms with Crippen molar-refractivity contribution < 1.29 is 15.3 Å². The van der Waals surface area contributed by atoms with Crippen LogP contribution in [0.25, 0.3) is 6.08 Å². The quantitative estimate of drug-likeness (QED) is 0.629. The Bertz CT molecular complexity index is 386. The predicted molar refractivity (Wildman–Crippen MR) is 77.5 cm³/mol. The third-order valence-electron chi connectivity index (χ3n) is 2.81. The average Bonchev–Trinajstić information content (AvgIpc) is 2.37. The first-order valence-electron chi connectivity index (χ1n) is 6.50. The fourth-order valence-corrected chi connectivity index (χ4v) is 1.84. The van der Waals surface area contributed by atoms with E-state index in [1.54, 1.807) is 12.2 Å². The molecule has 1 aromatic rings. The summed E-state index contributed by atoms with van der Waals surface area (Å²) in [6, 6.07) is 9.65. The van der Waals surface area contributed by atoms with Gasteiger partial charge in [-0.1, -0.05) is 48.6 Å². The average molecular weight is 262 g/mol. The molecule has 0 bridgehead atoms. The summed E-state index contributed by atoms with van der Waals surface area (Å²) in [6.45, 7) is 3.53. The summed E-state index contributed by atoms with van der Waals surface area (Å²) in [6.07, 6.45) is 3.97. The molecular weight excluding hydrogens is 240 g/mol. The molecule has 0 unspecified atom stereocenters. The molecule has 0 saturated carbocycles. The second-order valence-electron chi connectivity index (χ2n) is 4.64. The Morgan fingerprint density at radius 3 is 2.32 bits per heavy atom. The summed E-state index contributed by atoms with van der Waals surface area (Å²) in [5.74, 6) is 0. The van der Waals surface area contributed by atoms with E-state index in [0.29, 0.717) is 6.42 Å². The molecule has 0 saturated heterocycles. The van der Waals surface area contributed by atoms with Crippen LogP contribution in [-0.2, 0) is 0 Å². The maximum Gasteiger partial charge on any atom is 0.0748 e. The number of aliphatic hydroxyl groups excluding tert-OH is 3. The van der Waals surface area contributed by atoms with E-state index >= 15 is 0 Å². The fraction of sp³-hybridized carbons (Fsp3) is 0.375. The lowest BCUT2D eigenvalue weighted by atomic mass is 10.0. The normalized spacial score (nSPS) is 16.2. The predicted octanol–water partition coefficient (Wildman–Crippen LogP) is 2.14. The van der Waals surface area contributed by atoms with Gasteiger partial charge in [-0.2, -0.15) is 0 Å². The lowest BCUT2D eigenvalue weighted by Gasteiger charge is -2.16. The molecule has 0 aromatic heterocycles. The third-order valence-corrected chi connectivity index (χ3v) is 2.81. The molecule has 3 heteroatoms. The zero-order valence-corrected chi connectivity index (χ0v) is 11.0. The number of hydrogen-bond acceptors (Lipinski definition) is 3. The molecule has 0 heterocycles. The molecule has 104 valence electrons. The van der Waals surface area contributed by atoms with Gasteiger partial charge in [0.1, 0.15) is 0 Å². The molecule has 0 fully saturated rings. The third kappa shape index (κ3) is 6.91. The van der Waals surface area contributed by atoms with Gasteiger partial charge < -0.3 is 15.3 Å². The first-order chi connectivity index (χ1) is 9.11. The van der Waals surface area contributed by atoms with E-state index in [1.807, 2.05) is 36.4 Å². The minimum absolute atomic E-state index is 0.220. The standard InChI is InChI=1S/C16H22O3/c1-2-6-14(17)11-16(19)12-15(18)10-9-13-7-4-3-5-8-13/h2-5,7-10,14-19H,1,6,11-12H2/b10-9+/t14-,15-,16+/m0/s1. The van der Waals surface area contributed by atoms with E-state index in [-0.39, 0.29) is 12.8 Å². The van der Waals surface area contributed by atoms with Gasteiger partial charge >= 0.3 is 0 Å². The van der Waals surface area contributed by atoms with Crippen molar-refractivity contribution in [2.24, 2.45) is 0 Å². The van der Waals surface area contributed by atoms with Crippen molar-refractivity contribution in [2.45, 2.75) is 37.6 Å². The van der Waals surface area contributed by atoms with E-state index in [1.165, 1.54) is 0 Å². The van der Waals surface area contributed by atoms with Crippen molar-refractivity contribution in [1.82, 2.24) is 0 Å². The van der Waals surface area contributed by atoms with E-state index in [4.69, 9.17) is 0 Å². The highest BCUT2D eigenvalue weighted by molar-refractivity contribution is 5.49. The van der Waals surface area contributed by atoms with Crippen LogP contribution in [0.15, 0.2) is 49.1 Å². The first-order valence-corrected chi connectivity index (χ1v) is 6.50. The van der Waals surface area contributed by atoms with Crippen LogP contribution in [0.1, 0.15) is 24.8 Å². The molecule has 0 radical (unpaired) electrons. The SMILES string of the molecule is C=CC[C@H](O)C[C@@H](O)C[C@@H](O)/C=C/c1ccccc1. The van der Waals surface area contributed by atoms with Crippen LogP contribution in [-0.4, -0.2) is 33.6 Å². The molecule has 1 aromatic carbocycles. The molecule has 19 heavy (non-hydrogen) atoms. The van der Waals surface area contributed by atoms with E-state index in [9.17, 15) is 15.3 Å². The zero-order chi connectivity index (χ0) is 14.1. The Morgan fingerprint density at radius 1 is 1.00 bits per heavy atom. The maximum absolute atomic E-state index is 9.78. The number of benzene rings is 1. The first kappa shape index (κ1) is 15.6. The molecule has 0 aliphatic carbocycles. The van der Waals surface area contributed by atoms with Crippen molar-refractivity contribution in [2.75, 3.05) is 0 Å². The van der Waals surface area contributed by atoms with Gasteiger partial charge in [0.25, 0.3) is 0 Å². The summed E-state index contributed by atoms with van der Waals surface area (Å²) in [4.78, 5) is 0. The Morgan fingerprint density at radius 2 is 1.68 bits per heavy atom. The van der Waals surface area contributed by atoms with Crippen molar-refractivity contribution in [3.05, 3.63) is 54.6 Å². The molecule has 0 aliphatic heterocycles. The summed E-state index contributed by atoms with van der Waals surface area (Å²) in [5, 5.41) is 29.0. The largest absolute Gasteiger partial charge is 0.393 e. The minimum Gasteiger partial charge on any atom is -0.393 e. The second kappa shape index (κ2) is 8.64. The highest BCUT2D eigenvalue weighted by Gasteiger charge is 2.13. The van der Waals surface area contributed by atoms with Crippen LogP contribution in [0, 0.1) is 0 Å². The Hall–Kier alpha value is -1.42. The minimum atomic E-state index is -0.717. The molecular formula is C16H22O3. The van der Waals surface area contributed by atoms with Gasteiger partial charge in [-0.25, -0.2) is 0 Å². The van der Waals surface area contributed by atoms with Crippen molar-refractivity contribution in [3.63, 3.8) is 0 Å². The molecule has 3 atom stereocenters. The van der Waals surface area contributed by atoms with Crippen molar-refractivity contribution in [3.8, 4) is 0 Å². The number of aliphatic hydroxyl groups is 3. The molecule has 0 amide bonds. The van der Waals surface area contributed by atoms with Crippen LogP contribution >= 0.6 is 0 Å². The highest BCUT2D eigenvalue weighted by atomic mass is 16.3. The molecule has 0 aliphatic rings. The molecule has 0 spiro atoms. The Kier molecular flexibility index (Phi) is 7.11. The van der Waals surface area contributed by atoms with Crippen molar-refractivity contribution in [1.29, 1.82) is 0 Å². The van der Waals surface area contributed by atoms with Gasteiger partial charge in [0.2, 0.25) is 0 Å². The highest BCUT2D eigenvalue weighted by Crippen LogP contribution is 2.10. The number of hydrogen-bond donors (Lipinski definition) is 3. The topological polar surface area (TPSA) is 60.7 Å². The van der Waals surface area contributed by atoms with Gasteiger partial charge in [-0.05, 0) is 18.4 Å². The second-order valence-corrected chi connectivity index (χ2v) is 4.64. The lowest BCUT2D eigenvalue weighted by molar-refractivity contribution is 0.0528. The van der Waals surface area contributed by atoms with Gasteiger partial charge in [0.15, 0.2) is 0 Å². The maximum atomic E-state index is 9.78. The van der Waals surface area contributed by atoms with Crippen LogP contribution in [0.2, 0.25) is 0 Å². The van der Waals surface area contributed by atoms with Gasteiger partial charge in [0.05, 0.1) is 18.3 Å². The molecule has 3 N–H and O–H groups in total. The smallest absolute Gasteiger partial charge is 0.0748 e. The molecule has 1 rings (SSSR count). The van der Waals surface area contributed by atoms with Crippen LogP contribution in [0.4, 0.5) is 0 Å². The summed E-state index contributed by atoms with van der Waals surface area (Å²) >= 11 is 0. The fourth-order valence-electron chi connectivity index (χ4n) is 1.84. The monoisotopic (exact) mass is 262 g/mol. The van der Waals surface area contributed by atoms with E-state index < -0.39 is 18.3 Å². The summed E-state index contributed by atoms with van der Waals surface area (Å²) in [5.41, 5.74) is 1.00. The summed E-state index contributed by atoms with van der Waals surface area (Å²) in [7, 11) is 0. The van der Waals surface area contributed by atoms with Gasteiger partial charge in [-0.3, -0.25) is 0 Å². The number of rotatable bonds is 8.